The van der Waals surface area contributed by atoms with E-state index in [9.17, 15) is 9.59 Å². The molecule has 1 saturated heterocycles. The minimum atomic E-state index is -0.773. The Bertz CT molecular complexity index is 279. The van der Waals surface area contributed by atoms with Crippen LogP contribution in [0.5, 0.6) is 0 Å². The van der Waals surface area contributed by atoms with Crippen LogP contribution in [0.4, 0.5) is 0 Å². The quantitative estimate of drug-likeness (QED) is 0.593. The van der Waals surface area contributed by atoms with Gasteiger partial charge in [0, 0.05) is 0 Å². The van der Waals surface area contributed by atoms with E-state index in [0.29, 0.717) is 18.8 Å². The van der Waals surface area contributed by atoms with Crippen molar-refractivity contribution in [2.24, 2.45) is 5.92 Å². The van der Waals surface area contributed by atoms with Crippen LogP contribution in [-0.4, -0.2) is 37.2 Å². The fourth-order valence-corrected chi connectivity index (χ4v) is 2.06. The van der Waals surface area contributed by atoms with Gasteiger partial charge < -0.3 is 14.8 Å². The lowest BCUT2D eigenvalue weighted by atomic mass is 9.92. The zero-order valence-corrected chi connectivity index (χ0v) is 11.4. The standard InChI is InChI=1S/C13H23NO4/c1-13(2,3)18-12(16)11(17-9-15)8-10-4-6-14-7-5-10/h9-11,14H,4-8H2,1-3H3. The van der Waals surface area contributed by atoms with Crippen LogP contribution >= 0.6 is 0 Å². The molecule has 0 bridgehead atoms. The molecular formula is C13H23NO4. The van der Waals surface area contributed by atoms with Crippen molar-refractivity contribution in [3.05, 3.63) is 0 Å². The van der Waals surface area contributed by atoms with E-state index in [0.717, 1.165) is 25.9 Å². The van der Waals surface area contributed by atoms with Crippen LogP contribution < -0.4 is 5.32 Å². The number of carbonyl (C=O) groups excluding carboxylic acids is 2. The average Bonchev–Trinajstić information content (AvgIpc) is 2.27. The number of hydrogen-bond donors (Lipinski definition) is 1. The van der Waals surface area contributed by atoms with Crippen LogP contribution in [0, 0.1) is 5.92 Å². The molecule has 104 valence electrons. The maximum Gasteiger partial charge on any atom is 0.347 e. The lowest BCUT2D eigenvalue weighted by Crippen LogP contribution is -2.37. The van der Waals surface area contributed by atoms with Gasteiger partial charge in [-0.25, -0.2) is 4.79 Å². The van der Waals surface area contributed by atoms with Crippen molar-refractivity contribution in [1.82, 2.24) is 5.32 Å². The van der Waals surface area contributed by atoms with Crippen LogP contribution in [0.1, 0.15) is 40.0 Å². The molecule has 5 nitrogen and oxygen atoms in total. The topological polar surface area (TPSA) is 64.6 Å². The first-order valence-electron chi connectivity index (χ1n) is 6.45. The number of rotatable bonds is 5. The second-order valence-electron chi connectivity index (χ2n) is 5.68. The Balaban J connectivity index is 2.52. The smallest absolute Gasteiger partial charge is 0.347 e. The van der Waals surface area contributed by atoms with E-state index in [1.54, 1.807) is 20.8 Å². The molecule has 1 fully saturated rings. The van der Waals surface area contributed by atoms with E-state index in [4.69, 9.17) is 9.47 Å². The molecule has 1 atom stereocenters. The summed E-state index contributed by atoms with van der Waals surface area (Å²) in [5, 5.41) is 3.26. The molecule has 1 rings (SSSR count). The first-order valence-corrected chi connectivity index (χ1v) is 6.45. The fourth-order valence-electron chi connectivity index (χ4n) is 2.06. The van der Waals surface area contributed by atoms with Gasteiger partial charge in [-0.05, 0) is 59.0 Å². The molecule has 0 aromatic carbocycles. The Labute approximate surface area is 108 Å². The van der Waals surface area contributed by atoms with Crippen LogP contribution in [0.2, 0.25) is 0 Å². The monoisotopic (exact) mass is 257 g/mol. The number of carbonyl (C=O) groups is 2. The molecule has 0 amide bonds. The maximum atomic E-state index is 11.9. The van der Waals surface area contributed by atoms with E-state index in [1.165, 1.54) is 0 Å². The van der Waals surface area contributed by atoms with Crippen molar-refractivity contribution in [2.75, 3.05) is 13.1 Å². The summed E-state index contributed by atoms with van der Waals surface area (Å²) < 4.78 is 10.1. The Kier molecular flexibility index (Phi) is 5.59. The summed E-state index contributed by atoms with van der Waals surface area (Å²) in [5.41, 5.74) is -0.560. The SMILES string of the molecule is CC(C)(C)OC(=O)C(CC1CCNCC1)OC=O. The fraction of sp³-hybridized carbons (Fsp3) is 0.846. The first-order chi connectivity index (χ1) is 8.42. The molecule has 0 saturated carbocycles. The molecule has 0 aromatic rings. The highest BCUT2D eigenvalue weighted by Crippen LogP contribution is 2.21. The van der Waals surface area contributed by atoms with Gasteiger partial charge in [0.05, 0.1) is 0 Å². The Morgan fingerprint density at radius 1 is 1.39 bits per heavy atom. The van der Waals surface area contributed by atoms with Gasteiger partial charge in [0.2, 0.25) is 0 Å². The van der Waals surface area contributed by atoms with Gasteiger partial charge in [-0.3, -0.25) is 4.79 Å². The van der Waals surface area contributed by atoms with Crippen molar-refractivity contribution in [1.29, 1.82) is 0 Å². The second-order valence-corrected chi connectivity index (χ2v) is 5.68. The molecule has 0 radical (unpaired) electrons. The lowest BCUT2D eigenvalue weighted by molar-refractivity contribution is -0.172. The van der Waals surface area contributed by atoms with Gasteiger partial charge >= 0.3 is 5.97 Å². The van der Waals surface area contributed by atoms with Gasteiger partial charge in [-0.15, -0.1) is 0 Å². The molecular weight excluding hydrogens is 234 g/mol. The zero-order chi connectivity index (χ0) is 13.6. The lowest BCUT2D eigenvalue weighted by Gasteiger charge is -2.27. The Morgan fingerprint density at radius 2 is 2.00 bits per heavy atom. The molecule has 1 N–H and O–H groups in total. The maximum absolute atomic E-state index is 11.9. The largest absolute Gasteiger partial charge is 0.457 e. The van der Waals surface area contributed by atoms with E-state index < -0.39 is 17.7 Å². The number of hydrogen-bond acceptors (Lipinski definition) is 5. The number of piperidine rings is 1. The Hall–Kier alpha value is -1.10. The molecule has 1 heterocycles. The summed E-state index contributed by atoms with van der Waals surface area (Å²) in [5.74, 6) is -0.0446. The second kappa shape index (κ2) is 6.73. The molecule has 0 aromatic heterocycles. The molecule has 0 aliphatic carbocycles. The summed E-state index contributed by atoms with van der Waals surface area (Å²) in [4.78, 5) is 22.4. The van der Waals surface area contributed by atoms with Crippen LogP contribution in [-0.2, 0) is 19.1 Å². The minimum absolute atomic E-state index is 0.329. The summed E-state index contributed by atoms with van der Waals surface area (Å²) in [6.45, 7) is 7.63. The van der Waals surface area contributed by atoms with Crippen molar-refractivity contribution >= 4 is 12.4 Å². The third-order valence-corrected chi connectivity index (χ3v) is 2.90. The van der Waals surface area contributed by atoms with Crippen molar-refractivity contribution in [2.45, 2.75) is 51.7 Å². The van der Waals surface area contributed by atoms with Crippen LogP contribution in [0.15, 0.2) is 0 Å². The average molecular weight is 257 g/mol. The molecule has 5 heteroatoms. The van der Waals surface area contributed by atoms with Crippen molar-refractivity contribution < 1.29 is 19.1 Å². The Morgan fingerprint density at radius 3 is 2.50 bits per heavy atom. The molecule has 0 spiro atoms. The van der Waals surface area contributed by atoms with Gasteiger partial charge in [0.1, 0.15) is 5.60 Å². The normalized spacial score (nSPS) is 19.1. The predicted octanol–water partition coefficient (Wildman–Crippen LogP) is 1.26. The number of esters is 1. The van der Waals surface area contributed by atoms with E-state index >= 15 is 0 Å². The number of ether oxygens (including phenoxy) is 2. The highest BCUT2D eigenvalue weighted by molar-refractivity contribution is 5.76. The van der Waals surface area contributed by atoms with Crippen molar-refractivity contribution in [3.8, 4) is 0 Å². The van der Waals surface area contributed by atoms with E-state index in [2.05, 4.69) is 5.32 Å². The van der Waals surface area contributed by atoms with Gasteiger partial charge in [0.25, 0.3) is 6.47 Å². The van der Waals surface area contributed by atoms with E-state index in [1.807, 2.05) is 0 Å². The summed E-state index contributed by atoms with van der Waals surface area (Å²) in [6.07, 6.45) is 1.78. The third kappa shape index (κ3) is 5.49. The van der Waals surface area contributed by atoms with Crippen LogP contribution in [0.25, 0.3) is 0 Å². The highest BCUT2D eigenvalue weighted by atomic mass is 16.6. The van der Waals surface area contributed by atoms with Gasteiger partial charge in [0.15, 0.2) is 6.10 Å². The highest BCUT2D eigenvalue weighted by Gasteiger charge is 2.29. The number of nitrogens with one attached hydrogen (secondary N) is 1. The zero-order valence-electron chi connectivity index (χ0n) is 11.4. The molecule has 18 heavy (non-hydrogen) atoms. The van der Waals surface area contributed by atoms with Gasteiger partial charge in [-0.2, -0.15) is 0 Å². The van der Waals surface area contributed by atoms with Crippen LogP contribution in [0.3, 0.4) is 0 Å². The van der Waals surface area contributed by atoms with Gasteiger partial charge in [-0.1, -0.05) is 0 Å². The molecule has 1 unspecified atom stereocenters. The van der Waals surface area contributed by atoms with E-state index in [-0.39, 0.29) is 0 Å². The molecule has 1 aliphatic rings. The summed E-state index contributed by atoms with van der Waals surface area (Å²) >= 11 is 0. The minimum Gasteiger partial charge on any atom is -0.457 e. The first kappa shape index (κ1) is 15.0. The summed E-state index contributed by atoms with van der Waals surface area (Å²) in [6, 6.07) is 0. The van der Waals surface area contributed by atoms with Crippen molar-refractivity contribution in [3.63, 3.8) is 0 Å². The summed E-state index contributed by atoms with van der Waals surface area (Å²) in [7, 11) is 0. The predicted molar refractivity (Wildman–Crippen MR) is 67.0 cm³/mol. The third-order valence-electron chi connectivity index (χ3n) is 2.90. The molecule has 1 aliphatic heterocycles.